The molecule has 120 valence electrons. The Labute approximate surface area is 138 Å². The van der Waals surface area contributed by atoms with Gasteiger partial charge < -0.3 is 14.7 Å². The number of carbonyl (C=O) groups excluding carboxylic acids is 2. The number of nitrogens with one attached hydrogen (secondary N) is 1. The van der Waals surface area contributed by atoms with Crippen molar-refractivity contribution in [3.05, 3.63) is 35.7 Å². The van der Waals surface area contributed by atoms with E-state index in [9.17, 15) is 9.59 Å². The molecule has 0 aliphatic carbocycles. The molecule has 0 radical (unpaired) electrons. The first-order valence-electron chi connectivity index (χ1n) is 7.15. The van der Waals surface area contributed by atoms with Crippen LogP contribution in [0.15, 0.2) is 33.7 Å². The molecule has 1 aliphatic heterocycles. The van der Waals surface area contributed by atoms with Crippen LogP contribution < -0.4 is 10.2 Å². The summed E-state index contributed by atoms with van der Waals surface area (Å²) in [5.41, 5.74) is 1.91. The first-order chi connectivity index (χ1) is 10.8. The average molecular weight is 331 g/mol. The van der Waals surface area contributed by atoms with Crippen LogP contribution in [0.25, 0.3) is 0 Å². The minimum Gasteiger partial charge on any atom is -0.359 e. The number of nitrogens with zero attached hydrogens (tertiary/aromatic N) is 2. The van der Waals surface area contributed by atoms with Crippen molar-refractivity contribution >= 4 is 35.0 Å². The van der Waals surface area contributed by atoms with Gasteiger partial charge in [-0.3, -0.25) is 9.59 Å². The summed E-state index contributed by atoms with van der Waals surface area (Å²) in [5, 5.41) is 6.60. The highest BCUT2D eigenvalue weighted by molar-refractivity contribution is 8.02. The predicted octanol–water partition coefficient (Wildman–Crippen LogP) is 2.76. The molecule has 1 unspecified atom stereocenters. The van der Waals surface area contributed by atoms with E-state index in [0.29, 0.717) is 17.1 Å². The van der Waals surface area contributed by atoms with Gasteiger partial charge in [0.1, 0.15) is 11.4 Å². The molecule has 1 atom stereocenters. The lowest BCUT2D eigenvalue weighted by Gasteiger charge is -2.36. The van der Waals surface area contributed by atoms with E-state index in [1.54, 1.807) is 27.8 Å². The number of thioether (sulfide) groups is 1. The van der Waals surface area contributed by atoms with E-state index >= 15 is 0 Å². The number of carbonyl (C=O) groups is 2. The molecule has 6 nitrogen and oxygen atoms in total. The highest BCUT2D eigenvalue weighted by Gasteiger charge is 2.48. The van der Waals surface area contributed by atoms with E-state index in [-0.39, 0.29) is 11.8 Å². The Hall–Kier alpha value is -2.28. The Morgan fingerprint density at radius 1 is 1.35 bits per heavy atom. The molecule has 1 aromatic carbocycles. The van der Waals surface area contributed by atoms with E-state index in [4.69, 9.17) is 4.52 Å². The van der Waals surface area contributed by atoms with Crippen molar-refractivity contribution < 1.29 is 14.1 Å². The van der Waals surface area contributed by atoms with E-state index in [1.165, 1.54) is 16.7 Å². The van der Waals surface area contributed by atoms with Crippen LogP contribution in [0.5, 0.6) is 0 Å². The third kappa shape index (κ3) is 2.41. The third-order valence-corrected chi connectivity index (χ3v) is 5.29. The lowest BCUT2D eigenvalue weighted by Crippen LogP contribution is -2.53. The molecular weight excluding hydrogens is 314 g/mol. The molecule has 1 aromatic heterocycles. The summed E-state index contributed by atoms with van der Waals surface area (Å²) in [7, 11) is 1.68. The lowest BCUT2D eigenvalue weighted by molar-refractivity contribution is -0.128. The quantitative estimate of drug-likeness (QED) is 0.857. The zero-order valence-corrected chi connectivity index (χ0v) is 14.2. The fourth-order valence-electron chi connectivity index (χ4n) is 2.55. The second-order valence-electron chi connectivity index (χ2n) is 5.62. The van der Waals surface area contributed by atoms with Crippen LogP contribution in [-0.2, 0) is 9.59 Å². The molecule has 0 fully saturated rings. The van der Waals surface area contributed by atoms with Crippen LogP contribution in [0, 0.1) is 13.8 Å². The Kier molecular flexibility index (Phi) is 3.68. The standard InChI is InChI=1S/C16H17N3O3S/c1-9-13(10(2)22-18-9)17-14(20)16(3)15(21)19(4)11-7-5-6-8-12(11)23-16/h5-8H,1-4H3,(H,17,20). The summed E-state index contributed by atoms with van der Waals surface area (Å²) in [6.07, 6.45) is 0. The number of hydrogen-bond acceptors (Lipinski definition) is 5. The third-order valence-electron chi connectivity index (χ3n) is 3.96. The predicted molar refractivity (Wildman–Crippen MR) is 88.7 cm³/mol. The van der Waals surface area contributed by atoms with Crippen LogP contribution in [0.3, 0.4) is 0 Å². The molecule has 0 saturated heterocycles. The molecule has 2 aromatic rings. The van der Waals surface area contributed by atoms with Crippen molar-refractivity contribution in [2.24, 2.45) is 0 Å². The van der Waals surface area contributed by atoms with Gasteiger partial charge in [0.2, 0.25) is 5.91 Å². The maximum absolute atomic E-state index is 12.8. The minimum absolute atomic E-state index is 0.259. The molecule has 0 bridgehead atoms. The van der Waals surface area contributed by atoms with Crippen molar-refractivity contribution in [1.82, 2.24) is 5.16 Å². The number of hydrogen-bond donors (Lipinski definition) is 1. The van der Waals surface area contributed by atoms with Crippen molar-refractivity contribution in [1.29, 1.82) is 0 Å². The van der Waals surface area contributed by atoms with Crippen molar-refractivity contribution in [3.63, 3.8) is 0 Å². The topological polar surface area (TPSA) is 75.4 Å². The number of rotatable bonds is 2. The molecule has 23 heavy (non-hydrogen) atoms. The molecule has 0 spiro atoms. The zero-order chi connectivity index (χ0) is 16.8. The Balaban J connectivity index is 1.95. The molecular formula is C16H17N3O3S. The first kappa shape index (κ1) is 15.6. The smallest absolute Gasteiger partial charge is 0.252 e. The minimum atomic E-state index is -1.25. The molecule has 7 heteroatoms. The number of aromatic nitrogens is 1. The van der Waals surface area contributed by atoms with Gasteiger partial charge in [0.15, 0.2) is 10.5 Å². The SMILES string of the molecule is Cc1noc(C)c1NC(=O)C1(C)Sc2ccccc2N(C)C1=O. The molecule has 2 heterocycles. The summed E-state index contributed by atoms with van der Waals surface area (Å²) in [6.45, 7) is 5.10. The maximum Gasteiger partial charge on any atom is 0.252 e. The molecule has 1 N–H and O–H groups in total. The normalized spacial score (nSPS) is 20.3. The van der Waals surface area contributed by atoms with Crippen LogP contribution in [-0.4, -0.2) is 28.8 Å². The summed E-state index contributed by atoms with van der Waals surface area (Å²) in [6, 6.07) is 7.54. The van der Waals surface area contributed by atoms with E-state index in [2.05, 4.69) is 10.5 Å². The molecule has 2 amide bonds. The fraction of sp³-hybridized carbons (Fsp3) is 0.312. The zero-order valence-electron chi connectivity index (χ0n) is 13.3. The van der Waals surface area contributed by atoms with Crippen LogP contribution in [0.2, 0.25) is 0 Å². The number of benzene rings is 1. The lowest BCUT2D eigenvalue weighted by atomic mass is 10.1. The average Bonchev–Trinajstić information content (AvgIpc) is 2.84. The number of aryl methyl sites for hydroxylation is 2. The van der Waals surface area contributed by atoms with Crippen molar-refractivity contribution in [2.45, 2.75) is 30.4 Å². The van der Waals surface area contributed by atoms with Gasteiger partial charge in [0.25, 0.3) is 5.91 Å². The largest absolute Gasteiger partial charge is 0.359 e. The fourth-order valence-corrected chi connectivity index (χ4v) is 3.82. The summed E-state index contributed by atoms with van der Waals surface area (Å²) >= 11 is 1.26. The van der Waals surface area contributed by atoms with Crippen LogP contribution in [0.1, 0.15) is 18.4 Å². The number of anilines is 2. The number of para-hydroxylation sites is 1. The van der Waals surface area contributed by atoms with Gasteiger partial charge in [-0.2, -0.15) is 0 Å². The first-order valence-corrected chi connectivity index (χ1v) is 7.97. The highest BCUT2D eigenvalue weighted by atomic mass is 32.2. The highest BCUT2D eigenvalue weighted by Crippen LogP contribution is 2.45. The monoisotopic (exact) mass is 331 g/mol. The van der Waals surface area contributed by atoms with Gasteiger partial charge in [0.05, 0.1) is 5.69 Å². The number of amides is 2. The maximum atomic E-state index is 12.8. The van der Waals surface area contributed by atoms with Gasteiger partial charge in [-0.15, -0.1) is 0 Å². The van der Waals surface area contributed by atoms with Gasteiger partial charge in [-0.25, -0.2) is 0 Å². The summed E-state index contributed by atoms with van der Waals surface area (Å²) in [4.78, 5) is 28.0. The van der Waals surface area contributed by atoms with Crippen molar-refractivity contribution in [3.8, 4) is 0 Å². The molecule has 1 aliphatic rings. The van der Waals surface area contributed by atoms with Gasteiger partial charge in [-0.1, -0.05) is 29.1 Å². The van der Waals surface area contributed by atoms with E-state index in [0.717, 1.165) is 10.6 Å². The molecule has 0 saturated carbocycles. The van der Waals surface area contributed by atoms with Gasteiger partial charge in [0, 0.05) is 11.9 Å². The Morgan fingerprint density at radius 2 is 2.04 bits per heavy atom. The Morgan fingerprint density at radius 3 is 2.70 bits per heavy atom. The summed E-state index contributed by atoms with van der Waals surface area (Å²) in [5.74, 6) is -0.129. The van der Waals surface area contributed by atoms with Crippen molar-refractivity contribution in [2.75, 3.05) is 17.3 Å². The second kappa shape index (κ2) is 5.42. The van der Waals surface area contributed by atoms with Crippen LogP contribution in [0.4, 0.5) is 11.4 Å². The van der Waals surface area contributed by atoms with Crippen LogP contribution >= 0.6 is 11.8 Å². The molecule has 3 rings (SSSR count). The summed E-state index contributed by atoms with van der Waals surface area (Å²) < 4.78 is 3.80. The van der Waals surface area contributed by atoms with E-state index in [1.807, 2.05) is 24.3 Å². The van der Waals surface area contributed by atoms with Gasteiger partial charge >= 0.3 is 0 Å². The Bertz CT molecular complexity index is 782. The van der Waals surface area contributed by atoms with E-state index < -0.39 is 4.75 Å². The van der Waals surface area contributed by atoms with Gasteiger partial charge in [-0.05, 0) is 32.9 Å². The second-order valence-corrected chi connectivity index (χ2v) is 7.08. The number of fused-ring (bicyclic) bond motifs is 1.